The van der Waals surface area contributed by atoms with Gasteiger partial charge in [-0.1, -0.05) is 6.07 Å². The fourth-order valence-corrected chi connectivity index (χ4v) is 2.77. The average molecular weight is 333 g/mol. The van der Waals surface area contributed by atoms with E-state index < -0.39 is 0 Å². The number of Topliss-reactive ketones (excluding diaryl/α,β-unsaturated/α-hetero) is 1. The van der Waals surface area contributed by atoms with Crippen molar-refractivity contribution >= 4 is 23.0 Å². The normalized spacial score (nSPS) is 10.2. The van der Waals surface area contributed by atoms with Crippen LogP contribution in [-0.4, -0.2) is 37.4 Å². The third kappa shape index (κ3) is 4.56. The second-order valence-electron chi connectivity index (χ2n) is 5.04. The number of likely N-dealkylation sites (N-methyl/N-ethyl adjacent to an activating group) is 1. The molecule has 0 radical (unpaired) electrons. The Kier molecular flexibility index (Phi) is 5.76. The Balaban J connectivity index is 2.01. The minimum absolute atomic E-state index is 0.123. The Hall–Kier alpha value is -2.34. The van der Waals surface area contributed by atoms with Crippen molar-refractivity contribution in [1.82, 2.24) is 4.90 Å². The van der Waals surface area contributed by atoms with Gasteiger partial charge in [0.25, 0.3) is 5.91 Å². The number of thiophene rings is 1. The summed E-state index contributed by atoms with van der Waals surface area (Å²) in [5.74, 6) is 0.650. The molecule has 23 heavy (non-hydrogen) atoms. The van der Waals surface area contributed by atoms with Crippen LogP contribution < -0.4 is 9.47 Å². The first-order valence-electron chi connectivity index (χ1n) is 7.09. The number of hydrogen-bond acceptors (Lipinski definition) is 5. The molecule has 0 aliphatic heterocycles. The van der Waals surface area contributed by atoms with Crippen molar-refractivity contribution in [2.45, 2.75) is 13.5 Å². The maximum absolute atomic E-state index is 12.2. The predicted molar refractivity (Wildman–Crippen MR) is 89.3 cm³/mol. The molecule has 0 saturated heterocycles. The molecule has 0 fully saturated rings. The van der Waals surface area contributed by atoms with Gasteiger partial charge in [-0.05, 0) is 30.5 Å². The van der Waals surface area contributed by atoms with Crippen molar-refractivity contribution in [1.29, 1.82) is 0 Å². The minimum Gasteiger partial charge on any atom is -0.497 e. The fourth-order valence-electron chi connectivity index (χ4n) is 2.01. The maximum atomic E-state index is 12.2. The monoisotopic (exact) mass is 333 g/mol. The van der Waals surface area contributed by atoms with Gasteiger partial charge in [-0.15, -0.1) is 11.3 Å². The molecule has 0 N–H and O–H groups in total. The minimum atomic E-state index is -0.157. The summed E-state index contributed by atoms with van der Waals surface area (Å²) in [6.07, 6.45) is 0. The first-order valence-corrected chi connectivity index (χ1v) is 7.97. The van der Waals surface area contributed by atoms with Gasteiger partial charge in [0.05, 0.1) is 19.2 Å². The van der Waals surface area contributed by atoms with E-state index in [1.807, 2.05) is 17.5 Å². The SMILES string of the molecule is COc1ccc(C(C)=O)c(OCC(=O)N(C)Cc2cccs2)c1. The van der Waals surface area contributed by atoms with Gasteiger partial charge < -0.3 is 14.4 Å². The van der Waals surface area contributed by atoms with Crippen molar-refractivity contribution in [3.05, 3.63) is 46.2 Å². The van der Waals surface area contributed by atoms with Gasteiger partial charge in [0.1, 0.15) is 11.5 Å². The number of methoxy groups -OCH3 is 1. The Morgan fingerprint density at radius 1 is 1.26 bits per heavy atom. The molecule has 0 aliphatic rings. The van der Waals surface area contributed by atoms with Crippen LogP contribution in [0.3, 0.4) is 0 Å². The molecule has 0 atom stereocenters. The smallest absolute Gasteiger partial charge is 0.260 e. The zero-order valence-electron chi connectivity index (χ0n) is 13.4. The molecule has 122 valence electrons. The third-order valence-electron chi connectivity index (χ3n) is 3.32. The van der Waals surface area contributed by atoms with Gasteiger partial charge in [0.15, 0.2) is 12.4 Å². The highest BCUT2D eigenvalue weighted by molar-refractivity contribution is 7.09. The Bertz CT molecular complexity index is 682. The molecular formula is C17H19NO4S. The lowest BCUT2D eigenvalue weighted by Gasteiger charge is -2.17. The van der Waals surface area contributed by atoms with E-state index in [0.29, 0.717) is 23.6 Å². The lowest BCUT2D eigenvalue weighted by Crippen LogP contribution is -2.30. The molecule has 2 aromatic rings. The topological polar surface area (TPSA) is 55.8 Å². The van der Waals surface area contributed by atoms with Crippen LogP contribution >= 0.6 is 11.3 Å². The summed E-state index contributed by atoms with van der Waals surface area (Å²) in [5, 5.41) is 1.97. The lowest BCUT2D eigenvalue weighted by atomic mass is 10.1. The van der Waals surface area contributed by atoms with Gasteiger partial charge in [-0.25, -0.2) is 0 Å². The molecule has 0 aliphatic carbocycles. The first-order chi connectivity index (χ1) is 11.0. The van der Waals surface area contributed by atoms with Gasteiger partial charge >= 0.3 is 0 Å². The molecule has 0 spiro atoms. The number of rotatable bonds is 7. The largest absolute Gasteiger partial charge is 0.497 e. The van der Waals surface area contributed by atoms with Gasteiger partial charge in [-0.3, -0.25) is 9.59 Å². The average Bonchev–Trinajstić information content (AvgIpc) is 3.04. The van der Waals surface area contributed by atoms with E-state index in [2.05, 4.69) is 0 Å². The highest BCUT2D eigenvalue weighted by atomic mass is 32.1. The molecule has 5 nitrogen and oxygen atoms in total. The summed E-state index contributed by atoms with van der Waals surface area (Å²) >= 11 is 1.60. The third-order valence-corrected chi connectivity index (χ3v) is 4.18. The number of hydrogen-bond donors (Lipinski definition) is 0. The number of ketones is 1. The molecule has 2 rings (SSSR count). The standard InChI is InChI=1S/C17H19NO4S/c1-12(19)15-7-6-13(21-3)9-16(15)22-11-17(20)18(2)10-14-5-4-8-23-14/h4-9H,10-11H2,1-3H3. The number of ether oxygens (including phenoxy) is 2. The molecule has 0 bridgehead atoms. The summed E-state index contributed by atoms with van der Waals surface area (Å²) in [5.41, 5.74) is 0.430. The van der Waals surface area contributed by atoms with E-state index in [0.717, 1.165) is 4.88 Å². The van der Waals surface area contributed by atoms with Crippen LogP contribution in [0.2, 0.25) is 0 Å². The maximum Gasteiger partial charge on any atom is 0.260 e. The van der Waals surface area contributed by atoms with E-state index in [9.17, 15) is 9.59 Å². The van der Waals surface area contributed by atoms with E-state index in [1.54, 1.807) is 41.5 Å². The van der Waals surface area contributed by atoms with Crippen molar-refractivity contribution in [3.8, 4) is 11.5 Å². The molecule has 1 heterocycles. The molecule has 6 heteroatoms. The van der Waals surface area contributed by atoms with Crippen LogP contribution in [-0.2, 0) is 11.3 Å². The molecule has 1 aromatic carbocycles. The van der Waals surface area contributed by atoms with Crippen LogP contribution in [0.25, 0.3) is 0 Å². The van der Waals surface area contributed by atoms with Gasteiger partial charge in [0.2, 0.25) is 0 Å². The number of amides is 1. The second-order valence-corrected chi connectivity index (χ2v) is 6.07. The fraction of sp³-hybridized carbons (Fsp3) is 0.294. The first kappa shape index (κ1) is 17.0. The predicted octanol–water partition coefficient (Wildman–Crippen LogP) is 3.00. The van der Waals surface area contributed by atoms with Crippen LogP contribution in [0, 0.1) is 0 Å². The second kappa shape index (κ2) is 7.78. The number of benzene rings is 1. The summed E-state index contributed by atoms with van der Waals surface area (Å²) < 4.78 is 10.7. The van der Waals surface area contributed by atoms with Gasteiger partial charge in [0, 0.05) is 18.0 Å². The van der Waals surface area contributed by atoms with E-state index in [4.69, 9.17) is 9.47 Å². The van der Waals surface area contributed by atoms with Crippen LogP contribution in [0.1, 0.15) is 22.2 Å². The van der Waals surface area contributed by atoms with Crippen LogP contribution in [0.4, 0.5) is 0 Å². The molecule has 0 saturated carbocycles. The van der Waals surface area contributed by atoms with E-state index >= 15 is 0 Å². The van der Waals surface area contributed by atoms with Crippen LogP contribution in [0.15, 0.2) is 35.7 Å². The zero-order chi connectivity index (χ0) is 16.8. The van der Waals surface area contributed by atoms with Gasteiger partial charge in [-0.2, -0.15) is 0 Å². The summed E-state index contributed by atoms with van der Waals surface area (Å²) in [4.78, 5) is 26.5. The van der Waals surface area contributed by atoms with Crippen molar-refractivity contribution < 1.29 is 19.1 Å². The Morgan fingerprint density at radius 3 is 2.65 bits per heavy atom. The molecular weight excluding hydrogens is 314 g/mol. The zero-order valence-corrected chi connectivity index (χ0v) is 14.2. The van der Waals surface area contributed by atoms with Crippen molar-refractivity contribution in [2.24, 2.45) is 0 Å². The van der Waals surface area contributed by atoms with Crippen molar-refractivity contribution in [3.63, 3.8) is 0 Å². The lowest BCUT2D eigenvalue weighted by molar-refractivity contribution is -0.132. The quantitative estimate of drug-likeness (QED) is 0.731. The number of carbonyl (C=O) groups excluding carboxylic acids is 2. The number of nitrogens with zero attached hydrogens (tertiary/aromatic N) is 1. The Labute approximate surface area is 139 Å². The van der Waals surface area contributed by atoms with E-state index in [-0.39, 0.29) is 18.3 Å². The van der Waals surface area contributed by atoms with Crippen molar-refractivity contribution in [2.75, 3.05) is 20.8 Å². The molecule has 1 aromatic heterocycles. The Morgan fingerprint density at radius 2 is 2.04 bits per heavy atom. The number of carbonyl (C=O) groups is 2. The van der Waals surface area contributed by atoms with Crippen LogP contribution in [0.5, 0.6) is 11.5 Å². The highest BCUT2D eigenvalue weighted by Crippen LogP contribution is 2.25. The highest BCUT2D eigenvalue weighted by Gasteiger charge is 2.14. The summed E-state index contributed by atoms with van der Waals surface area (Å²) in [6.45, 7) is 1.87. The summed E-state index contributed by atoms with van der Waals surface area (Å²) in [6, 6.07) is 8.86. The molecule has 0 unspecified atom stereocenters. The molecule has 1 amide bonds. The summed E-state index contributed by atoms with van der Waals surface area (Å²) in [7, 11) is 3.26. The van der Waals surface area contributed by atoms with E-state index in [1.165, 1.54) is 14.0 Å².